The number of nitrogens with two attached hydrogens (primary N) is 2. The molecule has 1 heterocycles. The molecule has 0 amide bonds. The number of hydrogen-bond donors (Lipinski definition) is 2. The van der Waals surface area contributed by atoms with Gasteiger partial charge in [-0.25, -0.2) is 0 Å². The highest BCUT2D eigenvalue weighted by atomic mass is 127. The molecule has 0 saturated carbocycles. The Hall–Kier alpha value is -1.31. The van der Waals surface area contributed by atoms with Gasteiger partial charge in [-0.15, -0.1) is 5.10 Å². The molecular formula is C8H8IN5. The summed E-state index contributed by atoms with van der Waals surface area (Å²) >= 11 is 2.23. The van der Waals surface area contributed by atoms with Crippen molar-refractivity contribution >= 4 is 34.5 Å². The van der Waals surface area contributed by atoms with Gasteiger partial charge in [-0.2, -0.15) is 9.67 Å². The highest BCUT2D eigenvalue weighted by Gasteiger charge is 2.05. The van der Waals surface area contributed by atoms with Gasteiger partial charge < -0.3 is 11.5 Å². The number of nitrogen functional groups attached to an aromatic ring is 2. The Morgan fingerprint density at radius 2 is 1.79 bits per heavy atom. The van der Waals surface area contributed by atoms with Gasteiger partial charge in [-0.3, -0.25) is 0 Å². The summed E-state index contributed by atoms with van der Waals surface area (Å²) in [7, 11) is 0. The van der Waals surface area contributed by atoms with E-state index in [2.05, 4.69) is 32.7 Å². The van der Waals surface area contributed by atoms with E-state index in [9.17, 15) is 0 Å². The molecule has 6 heteroatoms. The Balaban J connectivity index is 2.49. The zero-order valence-electron chi connectivity index (χ0n) is 7.18. The first kappa shape index (κ1) is 9.25. The quantitative estimate of drug-likeness (QED) is 0.771. The summed E-state index contributed by atoms with van der Waals surface area (Å²) in [6.45, 7) is 0. The first-order chi connectivity index (χ1) is 6.66. The molecule has 0 aliphatic carbocycles. The van der Waals surface area contributed by atoms with Crippen molar-refractivity contribution in [2.45, 2.75) is 0 Å². The highest BCUT2D eigenvalue weighted by Crippen LogP contribution is 2.13. The smallest absolute Gasteiger partial charge is 0.241 e. The first-order valence-corrected chi connectivity index (χ1v) is 4.98. The highest BCUT2D eigenvalue weighted by molar-refractivity contribution is 14.1. The van der Waals surface area contributed by atoms with E-state index in [1.165, 1.54) is 4.68 Å². The van der Waals surface area contributed by atoms with Gasteiger partial charge in [-0.05, 0) is 46.9 Å². The number of benzene rings is 1. The number of halogens is 1. The van der Waals surface area contributed by atoms with Crippen molar-refractivity contribution in [1.82, 2.24) is 14.8 Å². The third kappa shape index (κ3) is 1.65. The van der Waals surface area contributed by atoms with Crippen LogP contribution in [0.4, 0.5) is 11.9 Å². The first-order valence-electron chi connectivity index (χ1n) is 3.91. The van der Waals surface area contributed by atoms with Gasteiger partial charge in [0.2, 0.25) is 11.9 Å². The van der Waals surface area contributed by atoms with E-state index in [0.717, 1.165) is 9.26 Å². The van der Waals surface area contributed by atoms with Crippen LogP contribution in [0.25, 0.3) is 5.69 Å². The Kier molecular flexibility index (Phi) is 2.28. The maximum atomic E-state index is 5.62. The van der Waals surface area contributed by atoms with E-state index >= 15 is 0 Å². The number of nitrogens with zero attached hydrogens (tertiary/aromatic N) is 3. The summed E-state index contributed by atoms with van der Waals surface area (Å²) < 4.78 is 2.66. The van der Waals surface area contributed by atoms with Crippen LogP contribution in [-0.4, -0.2) is 14.8 Å². The van der Waals surface area contributed by atoms with E-state index in [-0.39, 0.29) is 5.95 Å². The van der Waals surface area contributed by atoms with Crippen molar-refractivity contribution in [2.24, 2.45) is 0 Å². The van der Waals surface area contributed by atoms with Gasteiger partial charge in [-0.1, -0.05) is 0 Å². The molecule has 4 N–H and O–H groups in total. The van der Waals surface area contributed by atoms with E-state index in [1.807, 2.05) is 24.3 Å². The number of hydrogen-bond acceptors (Lipinski definition) is 4. The number of anilines is 2. The molecule has 0 aliphatic heterocycles. The van der Waals surface area contributed by atoms with E-state index < -0.39 is 0 Å². The molecule has 1 aromatic heterocycles. The molecular weight excluding hydrogens is 293 g/mol. The van der Waals surface area contributed by atoms with Crippen molar-refractivity contribution in [3.8, 4) is 5.69 Å². The number of rotatable bonds is 1. The molecule has 0 bridgehead atoms. The second-order valence-corrected chi connectivity index (χ2v) is 3.96. The molecule has 0 radical (unpaired) electrons. The molecule has 0 saturated heterocycles. The molecule has 2 rings (SSSR count). The molecule has 1 aromatic carbocycles. The van der Waals surface area contributed by atoms with Gasteiger partial charge in [0.15, 0.2) is 0 Å². The molecule has 14 heavy (non-hydrogen) atoms. The van der Waals surface area contributed by atoms with Crippen molar-refractivity contribution in [3.05, 3.63) is 27.8 Å². The van der Waals surface area contributed by atoms with Crippen LogP contribution >= 0.6 is 22.6 Å². The van der Waals surface area contributed by atoms with Crippen LogP contribution in [0.15, 0.2) is 24.3 Å². The lowest BCUT2D eigenvalue weighted by molar-refractivity contribution is 0.895. The second-order valence-electron chi connectivity index (χ2n) is 2.72. The third-order valence-corrected chi connectivity index (χ3v) is 2.44. The molecule has 0 spiro atoms. The topological polar surface area (TPSA) is 82.7 Å². The van der Waals surface area contributed by atoms with E-state index in [0.29, 0.717) is 5.95 Å². The molecule has 5 nitrogen and oxygen atoms in total. The van der Waals surface area contributed by atoms with Crippen LogP contribution in [0.1, 0.15) is 0 Å². The lowest BCUT2D eigenvalue weighted by Crippen LogP contribution is -2.02. The molecule has 0 fully saturated rings. The van der Waals surface area contributed by atoms with Crippen LogP contribution in [-0.2, 0) is 0 Å². The second kappa shape index (κ2) is 3.45. The fourth-order valence-corrected chi connectivity index (χ4v) is 1.47. The largest absolute Gasteiger partial charge is 0.368 e. The van der Waals surface area contributed by atoms with Crippen molar-refractivity contribution in [1.29, 1.82) is 0 Å². The van der Waals surface area contributed by atoms with Crippen molar-refractivity contribution in [2.75, 3.05) is 11.5 Å². The Morgan fingerprint density at radius 3 is 2.29 bits per heavy atom. The zero-order chi connectivity index (χ0) is 10.1. The van der Waals surface area contributed by atoms with Gasteiger partial charge in [0.1, 0.15) is 0 Å². The minimum absolute atomic E-state index is 0.182. The van der Waals surface area contributed by atoms with Gasteiger partial charge in [0.25, 0.3) is 0 Å². The SMILES string of the molecule is Nc1nc(N)n(-c2ccc(I)cc2)n1. The standard InChI is InChI=1S/C8H8IN5/c9-5-1-3-6(4-2-5)14-8(11)12-7(10)13-14/h1-4H,(H4,10,11,12,13). The van der Waals surface area contributed by atoms with Crippen LogP contribution in [0, 0.1) is 3.57 Å². The summed E-state index contributed by atoms with van der Waals surface area (Å²) in [5.41, 5.74) is 11.9. The van der Waals surface area contributed by atoms with Crippen LogP contribution in [0.5, 0.6) is 0 Å². The van der Waals surface area contributed by atoms with Crippen LogP contribution in [0.3, 0.4) is 0 Å². The molecule has 0 atom stereocenters. The third-order valence-electron chi connectivity index (χ3n) is 1.72. The fourth-order valence-electron chi connectivity index (χ4n) is 1.11. The molecule has 0 unspecified atom stereocenters. The predicted molar refractivity (Wildman–Crippen MR) is 62.9 cm³/mol. The Labute approximate surface area is 94.3 Å². The van der Waals surface area contributed by atoms with Crippen LogP contribution < -0.4 is 11.5 Å². The fraction of sp³-hybridized carbons (Fsp3) is 0. The predicted octanol–water partition coefficient (Wildman–Crippen LogP) is 1.04. The Bertz CT molecular complexity index is 447. The normalized spacial score (nSPS) is 10.4. The summed E-state index contributed by atoms with van der Waals surface area (Å²) in [5, 5.41) is 3.97. The average Bonchev–Trinajstić information content (AvgIpc) is 2.47. The average molecular weight is 301 g/mol. The number of aromatic nitrogens is 3. The van der Waals surface area contributed by atoms with Gasteiger partial charge in [0, 0.05) is 3.57 Å². The summed E-state index contributed by atoms with van der Waals surface area (Å²) in [4.78, 5) is 3.82. The summed E-state index contributed by atoms with van der Waals surface area (Å²) in [6.07, 6.45) is 0. The van der Waals surface area contributed by atoms with Gasteiger partial charge in [0.05, 0.1) is 5.69 Å². The molecule has 72 valence electrons. The lowest BCUT2D eigenvalue weighted by Gasteiger charge is -2.01. The van der Waals surface area contributed by atoms with E-state index in [4.69, 9.17) is 11.5 Å². The minimum Gasteiger partial charge on any atom is -0.368 e. The zero-order valence-corrected chi connectivity index (χ0v) is 9.34. The monoisotopic (exact) mass is 301 g/mol. The summed E-state index contributed by atoms with van der Waals surface area (Å²) in [5.74, 6) is 0.477. The van der Waals surface area contributed by atoms with E-state index in [1.54, 1.807) is 0 Å². The lowest BCUT2D eigenvalue weighted by atomic mass is 10.3. The van der Waals surface area contributed by atoms with Gasteiger partial charge >= 0.3 is 0 Å². The maximum absolute atomic E-state index is 5.62. The summed E-state index contributed by atoms with van der Waals surface area (Å²) in [6, 6.07) is 7.75. The van der Waals surface area contributed by atoms with Crippen molar-refractivity contribution in [3.63, 3.8) is 0 Å². The Morgan fingerprint density at radius 1 is 1.14 bits per heavy atom. The van der Waals surface area contributed by atoms with Crippen molar-refractivity contribution < 1.29 is 0 Å². The molecule has 2 aromatic rings. The molecule has 0 aliphatic rings. The minimum atomic E-state index is 0.182. The van der Waals surface area contributed by atoms with Crippen LogP contribution in [0.2, 0.25) is 0 Å². The maximum Gasteiger partial charge on any atom is 0.241 e.